The molecule has 19 heavy (non-hydrogen) atoms. The summed E-state index contributed by atoms with van der Waals surface area (Å²) in [5.41, 5.74) is -0.545. The van der Waals surface area contributed by atoms with Crippen LogP contribution in [0.3, 0.4) is 0 Å². The molecule has 1 aromatic rings. The lowest BCUT2D eigenvalue weighted by molar-refractivity contribution is -0.387. The van der Waals surface area contributed by atoms with Gasteiger partial charge in [0.15, 0.2) is 0 Å². The molecule has 0 unspecified atom stereocenters. The van der Waals surface area contributed by atoms with Crippen molar-refractivity contribution in [3.05, 3.63) is 44.7 Å². The van der Waals surface area contributed by atoms with Crippen molar-refractivity contribution in [1.82, 2.24) is 0 Å². The summed E-state index contributed by atoms with van der Waals surface area (Å²) in [4.78, 5) is 21.0. The van der Waals surface area contributed by atoms with Crippen LogP contribution in [0.1, 0.15) is 19.4 Å². The van der Waals surface area contributed by atoms with E-state index < -0.39 is 22.4 Å². The van der Waals surface area contributed by atoms with Gasteiger partial charge in [-0.3, -0.25) is 10.1 Å². The summed E-state index contributed by atoms with van der Waals surface area (Å²) in [6.07, 6.45) is 2.03. The average Bonchev–Trinajstić information content (AvgIpc) is 2.26. The van der Waals surface area contributed by atoms with Crippen molar-refractivity contribution in [3.8, 4) is 0 Å². The minimum absolute atomic E-state index is 0.0308. The van der Waals surface area contributed by atoms with Gasteiger partial charge in [-0.05, 0) is 19.9 Å². The standard InChI is InChI=1S/C12H11ClFNO4/c1-7(2)19-12(16)4-3-8-5-11(15(17)18)10(14)6-9(8)13/h3-7H,1-2H3/b4-3+. The molecule has 1 aromatic carbocycles. The molecule has 0 aliphatic rings. The van der Waals surface area contributed by atoms with Crippen molar-refractivity contribution in [1.29, 1.82) is 0 Å². The molecule has 0 spiro atoms. The van der Waals surface area contributed by atoms with E-state index in [0.717, 1.165) is 18.2 Å². The molecule has 0 saturated heterocycles. The van der Waals surface area contributed by atoms with Crippen LogP contribution in [0.15, 0.2) is 18.2 Å². The van der Waals surface area contributed by atoms with Gasteiger partial charge in [0.2, 0.25) is 5.82 Å². The highest BCUT2D eigenvalue weighted by molar-refractivity contribution is 6.32. The van der Waals surface area contributed by atoms with Crippen LogP contribution in [0, 0.1) is 15.9 Å². The molecular formula is C12H11ClFNO4. The normalized spacial score (nSPS) is 11.0. The minimum atomic E-state index is -1.03. The Morgan fingerprint density at radius 2 is 2.16 bits per heavy atom. The van der Waals surface area contributed by atoms with E-state index in [1.807, 2.05) is 0 Å². The van der Waals surface area contributed by atoms with E-state index in [4.69, 9.17) is 16.3 Å². The van der Waals surface area contributed by atoms with Crippen LogP contribution >= 0.6 is 11.6 Å². The summed E-state index contributed by atoms with van der Waals surface area (Å²) in [6.45, 7) is 3.36. The number of ether oxygens (including phenoxy) is 1. The van der Waals surface area contributed by atoms with Gasteiger partial charge in [0, 0.05) is 23.8 Å². The number of hydrogen-bond acceptors (Lipinski definition) is 4. The zero-order chi connectivity index (χ0) is 14.6. The summed E-state index contributed by atoms with van der Waals surface area (Å²) in [7, 11) is 0. The molecule has 0 heterocycles. The summed E-state index contributed by atoms with van der Waals surface area (Å²) >= 11 is 5.73. The number of carbonyl (C=O) groups is 1. The number of nitro benzene ring substituents is 1. The number of halogens is 2. The van der Waals surface area contributed by atoms with Crippen LogP contribution < -0.4 is 0 Å². The van der Waals surface area contributed by atoms with Crippen molar-refractivity contribution in [2.75, 3.05) is 0 Å². The summed E-state index contributed by atoms with van der Waals surface area (Å²) in [6, 6.07) is 1.78. The van der Waals surface area contributed by atoms with Crippen molar-refractivity contribution in [2.24, 2.45) is 0 Å². The molecule has 0 aliphatic heterocycles. The average molecular weight is 288 g/mol. The Bertz CT molecular complexity index is 543. The monoisotopic (exact) mass is 287 g/mol. The number of carbonyl (C=O) groups excluding carboxylic acids is 1. The molecular weight excluding hydrogens is 277 g/mol. The van der Waals surface area contributed by atoms with Gasteiger partial charge in [-0.15, -0.1) is 0 Å². The third kappa shape index (κ3) is 4.33. The lowest BCUT2D eigenvalue weighted by atomic mass is 10.2. The van der Waals surface area contributed by atoms with Crippen LogP contribution in [-0.4, -0.2) is 17.0 Å². The first kappa shape index (κ1) is 15.1. The predicted octanol–water partition coefficient (Wildman–Crippen LogP) is 3.35. The van der Waals surface area contributed by atoms with Crippen LogP contribution in [0.5, 0.6) is 0 Å². The predicted molar refractivity (Wildman–Crippen MR) is 68.3 cm³/mol. The van der Waals surface area contributed by atoms with E-state index in [2.05, 4.69) is 0 Å². The smallest absolute Gasteiger partial charge is 0.331 e. The highest BCUT2D eigenvalue weighted by Crippen LogP contribution is 2.26. The molecule has 1 rings (SSSR count). The molecule has 0 radical (unpaired) electrons. The van der Waals surface area contributed by atoms with Gasteiger partial charge < -0.3 is 4.74 Å². The third-order valence-corrected chi connectivity index (χ3v) is 2.34. The summed E-state index contributed by atoms with van der Waals surface area (Å²) in [5, 5.41) is 10.5. The van der Waals surface area contributed by atoms with Gasteiger partial charge in [0.25, 0.3) is 0 Å². The fourth-order valence-corrected chi connectivity index (χ4v) is 1.46. The highest BCUT2D eigenvalue weighted by Gasteiger charge is 2.16. The maximum Gasteiger partial charge on any atom is 0.331 e. The van der Waals surface area contributed by atoms with E-state index in [9.17, 15) is 19.3 Å². The van der Waals surface area contributed by atoms with E-state index in [0.29, 0.717) is 0 Å². The van der Waals surface area contributed by atoms with E-state index in [-0.39, 0.29) is 16.7 Å². The maximum atomic E-state index is 13.2. The Morgan fingerprint density at radius 1 is 1.53 bits per heavy atom. The number of nitrogens with zero attached hydrogens (tertiary/aromatic N) is 1. The second-order valence-electron chi connectivity index (χ2n) is 3.90. The minimum Gasteiger partial charge on any atom is -0.460 e. The van der Waals surface area contributed by atoms with Crippen LogP contribution in [0.25, 0.3) is 6.08 Å². The molecule has 7 heteroatoms. The maximum absolute atomic E-state index is 13.2. The zero-order valence-electron chi connectivity index (χ0n) is 10.2. The van der Waals surface area contributed by atoms with Gasteiger partial charge in [0.1, 0.15) is 0 Å². The lowest BCUT2D eigenvalue weighted by Crippen LogP contribution is -2.08. The summed E-state index contributed by atoms with van der Waals surface area (Å²) < 4.78 is 18.0. The number of benzene rings is 1. The fraction of sp³-hybridized carbons (Fsp3) is 0.250. The van der Waals surface area contributed by atoms with Crippen molar-refractivity contribution < 1.29 is 18.8 Å². The molecule has 0 aromatic heterocycles. The Balaban J connectivity index is 3.01. The molecule has 0 N–H and O–H groups in total. The van der Waals surface area contributed by atoms with Gasteiger partial charge in [-0.2, -0.15) is 4.39 Å². The SMILES string of the molecule is CC(C)OC(=O)/C=C/c1cc([N+](=O)[O-])c(F)cc1Cl. The molecule has 0 amide bonds. The molecule has 0 aliphatic carbocycles. The first-order valence-electron chi connectivity index (χ1n) is 5.33. The van der Waals surface area contributed by atoms with Crippen molar-refractivity contribution in [3.63, 3.8) is 0 Å². The topological polar surface area (TPSA) is 69.4 Å². The Kier molecular flexibility index (Phi) is 5.00. The molecule has 0 saturated carbocycles. The number of hydrogen-bond donors (Lipinski definition) is 0. The van der Waals surface area contributed by atoms with E-state index in [1.54, 1.807) is 13.8 Å². The Labute approximate surface area is 113 Å². The molecule has 0 bridgehead atoms. The largest absolute Gasteiger partial charge is 0.460 e. The van der Waals surface area contributed by atoms with Crippen molar-refractivity contribution in [2.45, 2.75) is 20.0 Å². The highest BCUT2D eigenvalue weighted by atomic mass is 35.5. The molecule has 0 fully saturated rings. The summed E-state index contributed by atoms with van der Waals surface area (Å²) in [5.74, 6) is -1.64. The Hall–Kier alpha value is -1.95. The van der Waals surface area contributed by atoms with Crippen LogP contribution in [-0.2, 0) is 9.53 Å². The van der Waals surface area contributed by atoms with Crippen molar-refractivity contribution >= 4 is 29.3 Å². The van der Waals surface area contributed by atoms with E-state index in [1.165, 1.54) is 6.08 Å². The first-order valence-corrected chi connectivity index (χ1v) is 5.71. The van der Waals surface area contributed by atoms with Gasteiger partial charge >= 0.3 is 11.7 Å². The molecule has 102 valence electrons. The van der Waals surface area contributed by atoms with Gasteiger partial charge in [-0.1, -0.05) is 11.6 Å². The number of nitro groups is 1. The van der Waals surface area contributed by atoms with Gasteiger partial charge in [-0.25, -0.2) is 4.79 Å². The Morgan fingerprint density at radius 3 is 2.68 bits per heavy atom. The third-order valence-electron chi connectivity index (χ3n) is 2.01. The van der Waals surface area contributed by atoms with E-state index >= 15 is 0 Å². The molecule has 0 atom stereocenters. The first-order chi connectivity index (χ1) is 8.81. The second-order valence-corrected chi connectivity index (χ2v) is 4.31. The molecule has 5 nitrogen and oxygen atoms in total. The van der Waals surface area contributed by atoms with Crippen LogP contribution in [0.2, 0.25) is 5.02 Å². The fourth-order valence-electron chi connectivity index (χ4n) is 1.25. The number of esters is 1. The van der Waals surface area contributed by atoms with Gasteiger partial charge in [0.05, 0.1) is 16.0 Å². The second kappa shape index (κ2) is 6.29. The number of rotatable bonds is 4. The van der Waals surface area contributed by atoms with Crippen LogP contribution in [0.4, 0.5) is 10.1 Å². The zero-order valence-corrected chi connectivity index (χ0v) is 11.0. The quantitative estimate of drug-likeness (QED) is 0.368. The lowest BCUT2D eigenvalue weighted by Gasteiger charge is -2.04.